The molecular weight excluding hydrogens is 250 g/mol. The molecule has 5 heteroatoms. The van der Waals surface area contributed by atoms with Gasteiger partial charge >= 0.3 is 0 Å². The molecule has 0 aliphatic carbocycles. The first kappa shape index (κ1) is 14.2. The van der Waals surface area contributed by atoms with Crippen molar-refractivity contribution >= 4 is 11.6 Å². The molecule has 0 saturated heterocycles. The van der Waals surface area contributed by atoms with E-state index in [0.29, 0.717) is 0 Å². The van der Waals surface area contributed by atoms with Gasteiger partial charge in [0.25, 0.3) is 0 Å². The lowest BCUT2D eigenvalue weighted by Gasteiger charge is -2.16. The average molecular weight is 271 g/mol. The van der Waals surface area contributed by atoms with Gasteiger partial charge in [-0.25, -0.2) is 9.97 Å². The van der Waals surface area contributed by atoms with E-state index in [4.69, 9.17) is 0 Å². The Hall–Kier alpha value is -2.17. The van der Waals surface area contributed by atoms with Gasteiger partial charge in [0, 0.05) is 31.9 Å². The van der Waals surface area contributed by atoms with Crippen molar-refractivity contribution in [1.82, 2.24) is 15.0 Å². The summed E-state index contributed by atoms with van der Waals surface area (Å²) < 4.78 is 0. The lowest BCUT2D eigenvalue weighted by Crippen LogP contribution is -2.10. The van der Waals surface area contributed by atoms with Gasteiger partial charge in [-0.2, -0.15) is 0 Å². The first-order chi connectivity index (χ1) is 9.72. The molecule has 106 valence electrons. The highest BCUT2D eigenvalue weighted by Gasteiger charge is 2.08. The summed E-state index contributed by atoms with van der Waals surface area (Å²) in [5.74, 6) is 2.54. The van der Waals surface area contributed by atoms with Crippen LogP contribution in [0.25, 0.3) is 0 Å². The van der Waals surface area contributed by atoms with Crippen molar-refractivity contribution in [2.75, 3.05) is 17.7 Å². The molecule has 2 heterocycles. The fraction of sp³-hybridized carbons (Fsp3) is 0.400. The van der Waals surface area contributed by atoms with E-state index in [1.807, 2.05) is 25.4 Å². The van der Waals surface area contributed by atoms with Gasteiger partial charge in [0.1, 0.15) is 17.5 Å². The molecule has 0 aromatic carbocycles. The Labute approximate surface area is 119 Å². The van der Waals surface area contributed by atoms with E-state index in [1.165, 1.54) is 0 Å². The molecule has 5 nitrogen and oxygen atoms in total. The largest absolute Gasteiger partial charge is 0.373 e. The predicted octanol–water partition coefficient (Wildman–Crippen LogP) is 3.04. The molecule has 0 aliphatic heterocycles. The van der Waals surface area contributed by atoms with E-state index < -0.39 is 0 Å². The highest BCUT2D eigenvalue weighted by atomic mass is 15.1. The summed E-state index contributed by atoms with van der Waals surface area (Å²) in [4.78, 5) is 13.1. The van der Waals surface area contributed by atoms with Crippen LogP contribution in [0.3, 0.4) is 0 Å². The molecule has 2 N–H and O–H groups in total. The predicted molar refractivity (Wildman–Crippen MR) is 81.8 cm³/mol. The standard InChI is InChI=1S/C15H21N5/c1-4-6-13-19-14(16-3)9-15(20-13)18-11(2)12-7-5-8-17-10-12/h5,7-11H,4,6H2,1-3H3,(H2,16,18,19,20). The summed E-state index contributed by atoms with van der Waals surface area (Å²) in [6.45, 7) is 4.22. The fourth-order valence-corrected chi connectivity index (χ4v) is 1.97. The van der Waals surface area contributed by atoms with Crippen molar-refractivity contribution < 1.29 is 0 Å². The summed E-state index contributed by atoms with van der Waals surface area (Å²) in [5.41, 5.74) is 1.13. The molecule has 1 atom stereocenters. The zero-order chi connectivity index (χ0) is 14.4. The van der Waals surface area contributed by atoms with E-state index in [1.54, 1.807) is 6.20 Å². The SMILES string of the molecule is CCCc1nc(NC)cc(NC(C)c2cccnc2)n1. The first-order valence-electron chi connectivity index (χ1n) is 6.95. The zero-order valence-electron chi connectivity index (χ0n) is 12.2. The second kappa shape index (κ2) is 6.84. The fourth-order valence-electron chi connectivity index (χ4n) is 1.97. The highest BCUT2D eigenvalue weighted by molar-refractivity contribution is 5.48. The first-order valence-corrected chi connectivity index (χ1v) is 6.95. The Kier molecular flexibility index (Phi) is 4.87. The lowest BCUT2D eigenvalue weighted by atomic mass is 10.1. The molecule has 20 heavy (non-hydrogen) atoms. The van der Waals surface area contributed by atoms with E-state index in [-0.39, 0.29) is 6.04 Å². The lowest BCUT2D eigenvalue weighted by molar-refractivity contribution is 0.818. The van der Waals surface area contributed by atoms with Crippen LogP contribution in [0, 0.1) is 0 Å². The highest BCUT2D eigenvalue weighted by Crippen LogP contribution is 2.19. The number of rotatable bonds is 6. The Bertz CT molecular complexity index is 541. The topological polar surface area (TPSA) is 62.7 Å². The van der Waals surface area contributed by atoms with Gasteiger partial charge in [0.05, 0.1) is 6.04 Å². The third kappa shape index (κ3) is 3.66. The van der Waals surface area contributed by atoms with Crippen LogP contribution >= 0.6 is 0 Å². The van der Waals surface area contributed by atoms with Gasteiger partial charge in [-0.3, -0.25) is 4.98 Å². The van der Waals surface area contributed by atoms with Crippen molar-refractivity contribution in [3.63, 3.8) is 0 Å². The van der Waals surface area contributed by atoms with Crippen LogP contribution in [0.2, 0.25) is 0 Å². The van der Waals surface area contributed by atoms with Crippen molar-refractivity contribution in [3.05, 3.63) is 42.0 Å². The number of hydrogen-bond donors (Lipinski definition) is 2. The van der Waals surface area contributed by atoms with Gasteiger partial charge in [0.15, 0.2) is 0 Å². The average Bonchev–Trinajstić information content (AvgIpc) is 2.48. The van der Waals surface area contributed by atoms with Crippen molar-refractivity contribution in [3.8, 4) is 0 Å². The third-order valence-corrected chi connectivity index (χ3v) is 3.05. The van der Waals surface area contributed by atoms with Crippen LogP contribution in [0.4, 0.5) is 11.6 Å². The monoisotopic (exact) mass is 271 g/mol. The maximum Gasteiger partial charge on any atom is 0.133 e. The second-order valence-corrected chi connectivity index (χ2v) is 4.71. The molecule has 0 fully saturated rings. The van der Waals surface area contributed by atoms with Crippen LogP contribution in [-0.4, -0.2) is 22.0 Å². The Morgan fingerprint density at radius 1 is 1.25 bits per heavy atom. The van der Waals surface area contributed by atoms with Crippen LogP contribution in [0.1, 0.15) is 37.7 Å². The number of pyridine rings is 1. The van der Waals surface area contributed by atoms with Crippen molar-refractivity contribution in [1.29, 1.82) is 0 Å². The molecule has 0 saturated carbocycles. The number of aromatic nitrogens is 3. The van der Waals surface area contributed by atoms with Crippen molar-refractivity contribution in [2.24, 2.45) is 0 Å². The maximum absolute atomic E-state index is 4.55. The Morgan fingerprint density at radius 2 is 2.05 bits per heavy atom. The van der Waals surface area contributed by atoms with E-state index in [0.717, 1.165) is 35.9 Å². The van der Waals surface area contributed by atoms with Gasteiger partial charge in [-0.1, -0.05) is 13.0 Å². The number of hydrogen-bond acceptors (Lipinski definition) is 5. The molecule has 0 amide bonds. The van der Waals surface area contributed by atoms with Crippen LogP contribution in [0.5, 0.6) is 0 Å². The van der Waals surface area contributed by atoms with Crippen LogP contribution in [0.15, 0.2) is 30.6 Å². The molecular formula is C15H21N5. The van der Waals surface area contributed by atoms with E-state index >= 15 is 0 Å². The van der Waals surface area contributed by atoms with E-state index in [9.17, 15) is 0 Å². The molecule has 0 spiro atoms. The smallest absolute Gasteiger partial charge is 0.133 e. The van der Waals surface area contributed by atoms with Crippen molar-refractivity contribution in [2.45, 2.75) is 32.7 Å². The minimum Gasteiger partial charge on any atom is -0.373 e. The van der Waals surface area contributed by atoms with E-state index in [2.05, 4.69) is 45.5 Å². The number of nitrogens with one attached hydrogen (secondary N) is 2. The quantitative estimate of drug-likeness (QED) is 0.845. The minimum atomic E-state index is 0.151. The summed E-state index contributed by atoms with van der Waals surface area (Å²) in [5, 5.41) is 6.48. The van der Waals surface area contributed by atoms with Gasteiger partial charge in [-0.05, 0) is 25.0 Å². The number of anilines is 2. The summed E-state index contributed by atoms with van der Waals surface area (Å²) in [6.07, 6.45) is 5.56. The molecule has 2 aromatic heterocycles. The Morgan fingerprint density at radius 3 is 2.70 bits per heavy atom. The molecule has 2 aromatic rings. The molecule has 2 rings (SSSR count). The Balaban J connectivity index is 2.17. The van der Waals surface area contributed by atoms with Crippen LogP contribution < -0.4 is 10.6 Å². The summed E-state index contributed by atoms with van der Waals surface area (Å²) in [6, 6.07) is 6.07. The van der Waals surface area contributed by atoms with Crippen LogP contribution in [-0.2, 0) is 6.42 Å². The van der Waals surface area contributed by atoms with Gasteiger partial charge in [-0.15, -0.1) is 0 Å². The molecule has 0 radical (unpaired) electrons. The molecule has 0 bridgehead atoms. The summed E-state index contributed by atoms with van der Waals surface area (Å²) in [7, 11) is 1.87. The number of nitrogens with zero attached hydrogens (tertiary/aromatic N) is 3. The van der Waals surface area contributed by atoms with Gasteiger partial charge in [0.2, 0.25) is 0 Å². The van der Waals surface area contributed by atoms with Gasteiger partial charge < -0.3 is 10.6 Å². The maximum atomic E-state index is 4.55. The summed E-state index contributed by atoms with van der Waals surface area (Å²) >= 11 is 0. The third-order valence-electron chi connectivity index (χ3n) is 3.05. The molecule has 0 aliphatic rings. The second-order valence-electron chi connectivity index (χ2n) is 4.71. The molecule has 1 unspecified atom stereocenters. The number of aryl methyl sites for hydroxylation is 1. The normalized spacial score (nSPS) is 11.9. The minimum absolute atomic E-state index is 0.151. The zero-order valence-corrected chi connectivity index (χ0v) is 12.2.